The Balaban J connectivity index is 2.84. The lowest BCUT2D eigenvalue weighted by molar-refractivity contribution is 0.128. The molecule has 0 aliphatic heterocycles. The second-order valence-electron chi connectivity index (χ2n) is 4.17. The third-order valence-electron chi connectivity index (χ3n) is 2.64. The summed E-state index contributed by atoms with van der Waals surface area (Å²) in [4.78, 5) is 10.6. The zero-order chi connectivity index (χ0) is 14.1. The molecule has 0 fully saturated rings. The van der Waals surface area contributed by atoms with Gasteiger partial charge in [0.15, 0.2) is 5.82 Å². The highest BCUT2D eigenvalue weighted by atomic mass is 35.5. The van der Waals surface area contributed by atoms with Crippen LogP contribution in [0.3, 0.4) is 0 Å². The van der Waals surface area contributed by atoms with Crippen molar-refractivity contribution in [3.63, 3.8) is 0 Å². The van der Waals surface area contributed by atoms with Crippen LogP contribution in [0.4, 0.5) is 5.82 Å². The Hall–Kier alpha value is -0.910. The predicted octanol–water partition coefficient (Wildman–Crippen LogP) is 2.27. The van der Waals surface area contributed by atoms with Crippen LogP contribution in [-0.4, -0.2) is 41.4 Å². The van der Waals surface area contributed by atoms with Crippen molar-refractivity contribution in [1.82, 2.24) is 9.97 Å². The van der Waals surface area contributed by atoms with Crippen molar-refractivity contribution in [2.75, 3.05) is 31.2 Å². The molecule has 5 nitrogen and oxygen atoms in total. The van der Waals surface area contributed by atoms with Crippen LogP contribution in [0.2, 0.25) is 5.15 Å². The number of hydrogen-bond donors (Lipinski definition) is 1. The first kappa shape index (κ1) is 16.1. The molecule has 0 atom stereocenters. The van der Waals surface area contributed by atoms with Gasteiger partial charge in [-0.15, -0.1) is 0 Å². The van der Waals surface area contributed by atoms with Crippen LogP contribution in [0, 0.1) is 0 Å². The molecule has 1 N–H and O–H groups in total. The minimum absolute atomic E-state index is 0.0894. The van der Waals surface area contributed by atoms with E-state index in [2.05, 4.69) is 16.9 Å². The molecule has 0 saturated heterocycles. The zero-order valence-electron chi connectivity index (χ0n) is 11.6. The number of aliphatic hydroxyl groups excluding tert-OH is 1. The summed E-state index contributed by atoms with van der Waals surface area (Å²) in [5, 5.41) is 9.54. The van der Waals surface area contributed by atoms with Gasteiger partial charge in [-0.2, -0.15) is 0 Å². The smallest absolute Gasteiger partial charge is 0.158 e. The second kappa shape index (κ2) is 9.07. The molecule has 1 rings (SSSR count). The molecule has 0 radical (unpaired) electrons. The van der Waals surface area contributed by atoms with Gasteiger partial charge in [0.2, 0.25) is 0 Å². The lowest BCUT2D eigenvalue weighted by Gasteiger charge is -2.23. The summed E-state index contributed by atoms with van der Waals surface area (Å²) in [5.41, 5.74) is 0. The third-order valence-corrected chi connectivity index (χ3v) is 2.83. The fourth-order valence-corrected chi connectivity index (χ4v) is 1.88. The second-order valence-corrected chi connectivity index (χ2v) is 4.55. The molecular formula is C13H22ClN3O2. The molecule has 0 aliphatic rings. The van der Waals surface area contributed by atoms with Gasteiger partial charge in [0.25, 0.3) is 0 Å². The maximum absolute atomic E-state index is 9.13. The minimum atomic E-state index is 0.0894. The summed E-state index contributed by atoms with van der Waals surface area (Å²) in [6.07, 6.45) is 2.13. The standard InChI is InChI=1S/C13H22ClN3O2/c1-3-5-6-17(7-8-18)13-9-11(14)15-12(16-13)10-19-4-2/h9,18H,3-8,10H2,1-2H3. The van der Waals surface area contributed by atoms with Crippen molar-refractivity contribution in [3.05, 3.63) is 17.0 Å². The number of unbranched alkanes of at least 4 members (excludes halogenated alkanes) is 1. The number of aromatic nitrogens is 2. The first-order valence-electron chi connectivity index (χ1n) is 6.68. The van der Waals surface area contributed by atoms with E-state index in [1.54, 1.807) is 6.07 Å². The monoisotopic (exact) mass is 287 g/mol. The van der Waals surface area contributed by atoms with Gasteiger partial charge in [0, 0.05) is 25.8 Å². The van der Waals surface area contributed by atoms with Gasteiger partial charge in [-0.25, -0.2) is 9.97 Å². The minimum Gasteiger partial charge on any atom is -0.395 e. The van der Waals surface area contributed by atoms with Crippen molar-refractivity contribution in [2.45, 2.75) is 33.3 Å². The predicted molar refractivity (Wildman–Crippen MR) is 76.6 cm³/mol. The quantitative estimate of drug-likeness (QED) is 0.706. The number of hydrogen-bond acceptors (Lipinski definition) is 5. The Morgan fingerprint density at radius 1 is 1.32 bits per heavy atom. The van der Waals surface area contributed by atoms with Gasteiger partial charge < -0.3 is 14.7 Å². The van der Waals surface area contributed by atoms with Crippen LogP contribution in [-0.2, 0) is 11.3 Å². The fourth-order valence-electron chi connectivity index (χ4n) is 1.68. The van der Waals surface area contributed by atoms with Crippen LogP contribution in [0.25, 0.3) is 0 Å². The Morgan fingerprint density at radius 2 is 2.11 bits per heavy atom. The Kier molecular flexibility index (Phi) is 7.70. The molecule has 1 aromatic heterocycles. The Labute approximate surface area is 119 Å². The molecule has 1 heterocycles. The number of nitrogens with zero attached hydrogens (tertiary/aromatic N) is 3. The van der Waals surface area contributed by atoms with E-state index in [0.29, 0.717) is 30.7 Å². The summed E-state index contributed by atoms with van der Waals surface area (Å²) >= 11 is 6.01. The van der Waals surface area contributed by atoms with E-state index in [1.165, 1.54) is 0 Å². The lowest BCUT2D eigenvalue weighted by Crippen LogP contribution is -2.29. The van der Waals surface area contributed by atoms with E-state index >= 15 is 0 Å². The van der Waals surface area contributed by atoms with Gasteiger partial charge in [0.1, 0.15) is 17.6 Å². The molecule has 6 heteroatoms. The van der Waals surface area contributed by atoms with Crippen LogP contribution < -0.4 is 4.90 Å². The zero-order valence-corrected chi connectivity index (χ0v) is 12.4. The molecule has 0 aliphatic carbocycles. The topological polar surface area (TPSA) is 58.5 Å². The van der Waals surface area contributed by atoms with Gasteiger partial charge >= 0.3 is 0 Å². The summed E-state index contributed by atoms with van der Waals surface area (Å²) in [7, 11) is 0. The van der Waals surface area contributed by atoms with Crippen molar-refractivity contribution in [3.8, 4) is 0 Å². The van der Waals surface area contributed by atoms with Gasteiger partial charge in [0.05, 0.1) is 6.61 Å². The average molecular weight is 288 g/mol. The lowest BCUT2D eigenvalue weighted by atomic mass is 10.3. The van der Waals surface area contributed by atoms with Crippen molar-refractivity contribution < 1.29 is 9.84 Å². The van der Waals surface area contributed by atoms with Crippen molar-refractivity contribution in [2.24, 2.45) is 0 Å². The van der Waals surface area contributed by atoms with Crippen LogP contribution in [0.5, 0.6) is 0 Å². The number of rotatable bonds is 9. The number of aliphatic hydroxyl groups is 1. The van der Waals surface area contributed by atoms with Gasteiger partial charge in [-0.05, 0) is 13.3 Å². The number of halogens is 1. The molecule has 0 saturated carbocycles. The molecule has 0 amide bonds. The molecule has 0 aromatic carbocycles. The van der Waals surface area contributed by atoms with Crippen molar-refractivity contribution >= 4 is 17.4 Å². The molecule has 1 aromatic rings. The molecule has 0 spiro atoms. The number of ether oxygens (including phenoxy) is 1. The highest BCUT2D eigenvalue weighted by Crippen LogP contribution is 2.17. The maximum atomic E-state index is 9.13. The van der Waals surface area contributed by atoms with Gasteiger partial charge in [-0.1, -0.05) is 24.9 Å². The summed E-state index contributed by atoms with van der Waals surface area (Å²) in [6, 6.07) is 1.72. The Bertz CT molecular complexity index is 377. The maximum Gasteiger partial charge on any atom is 0.158 e. The highest BCUT2D eigenvalue weighted by molar-refractivity contribution is 6.29. The first-order chi connectivity index (χ1) is 9.21. The molecule has 0 unspecified atom stereocenters. The van der Waals surface area contributed by atoms with Crippen LogP contribution in [0.1, 0.15) is 32.5 Å². The summed E-state index contributed by atoms with van der Waals surface area (Å²) in [6.45, 7) is 6.49. The van der Waals surface area contributed by atoms with Crippen LogP contribution >= 0.6 is 11.6 Å². The fraction of sp³-hybridized carbons (Fsp3) is 0.692. The SMILES string of the molecule is CCCCN(CCO)c1cc(Cl)nc(COCC)n1. The molecule has 108 valence electrons. The summed E-state index contributed by atoms with van der Waals surface area (Å²) < 4.78 is 5.30. The molecule has 19 heavy (non-hydrogen) atoms. The van der Waals surface area contributed by atoms with E-state index in [0.717, 1.165) is 25.2 Å². The van der Waals surface area contributed by atoms with E-state index in [9.17, 15) is 0 Å². The van der Waals surface area contributed by atoms with Crippen LogP contribution in [0.15, 0.2) is 6.07 Å². The normalized spacial score (nSPS) is 10.7. The van der Waals surface area contributed by atoms with Crippen molar-refractivity contribution in [1.29, 1.82) is 0 Å². The van der Waals surface area contributed by atoms with E-state index in [-0.39, 0.29) is 6.61 Å². The van der Waals surface area contributed by atoms with E-state index in [4.69, 9.17) is 21.4 Å². The summed E-state index contributed by atoms with van der Waals surface area (Å²) in [5.74, 6) is 1.32. The number of anilines is 1. The average Bonchev–Trinajstić information content (AvgIpc) is 2.40. The molecule has 0 bridgehead atoms. The third kappa shape index (κ3) is 5.72. The van der Waals surface area contributed by atoms with E-state index < -0.39 is 0 Å². The van der Waals surface area contributed by atoms with Gasteiger partial charge in [-0.3, -0.25) is 0 Å². The van der Waals surface area contributed by atoms with E-state index in [1.807, 2.05) is 11.8 Å². The Morgan fingerprint density at radius 3 is 2.74 bits per heavy atom. The largest absolute Gasteiger partial charge is 0.395 e. The molecular weight excluding hydrogens is 266 g/mol. The first-order valence-corrected chi connectivity index (χ1v) is 7.06. The highest BCUT2D eigenvalue weighted by Gasteiger charge is 2.10.